The number of hydrogen-bond acceptors (Lipinski definition) is 3. The summed E-state index contributed by atoms with van der Waals surface area (Å²) in [7, 11) is 0. The average molecular weight is 224 g/mol. The maximum Gasteiger partial charge on any atom is 0.271 e. The molecule has 0 spiro atoms. The van der Waals surface area contributed by atoms with Crippen molar-refractivity contribution in [2.45, 2.75) is 39.7 Å². The van der Waals surface area contributed by atoms with Crippen molar-refractivity contribution in [2.24, 2.45) is 5.92 Å². The minimum absolute atomic E-state index is 0.144. The zero-order valence-corrected chi connectivity index (χ0v) is 10.1. The van der Waals surface area contributed by atoms with E-state index in [0.29, 0.717) is 17.3 Å². The zero-order chi connectivity index (χ0) is 12.1. The molecule has 5 heteroatoms. The van der Waals surface area contributed by atoms with Gasteiger partial charge in [-0.05, 0) is 19.3 Å². The van der Waals surface area contributed by atoms with Crippen LogP contribution in [0.4, 0.5) is 5.69 Å². The Hall–Kier alpha value is -1.52. The summed E-state index contributed by atoms with van der Waals surface area (Å²) in [5.41, 5.74) is 6.32. The molecule has 1 aromatic rings. The third kappa shape index (κ3) is 3.25. The summed E-state index contributed by atoms with van der Waals surface area (Å²) in [5, 5.41) is 9.21. The van der Waals surface area contributed by atoms with Gasteiger partial charge < -0.3 is 11.1 Å². The molecule has 1 amide bonds. The maximum absolute atomic E-state index is 11.7. The molecule has 1 rings (SSSR count). The first kappa shape index (κ1) is 12.5. The van der Waals surface area contributed by atoms with Crippen molar-refractivity contribution in [1.29, 1.82) is 0 Å². The highest BCUT2D eigenvalue weighted by atomic mass is 16.2. The van der Waals surface area contributed by atoms with Gasteiger partial charge in [0, 0.05) is 6.04 Å². The van der Waals surface area contributed by atoms with Gasteiger partial charge in [0.1, 0.15) is 5.69 Å². The monoisotopic (exact) mass is 224 g/mol. The molecular formula is C11H20N4O. The first-order valence-corrected chi connectivity index (χ1v) is 5.64. The van der Waals surface area contributed by atoms with Crippen LogP contribution in [-0.2, 0) is 0 Å². The van der Waals surface area contributed by atoms with Gasteiger partial charge in [-0.1, -0.05) is 20.3 Å². The fourth-order valence-electron chi connectivity index (χ4n) is 1.60. The molecule has 0 aliphatic rings. The molecule has 0 saturated heterocycles. The van der Waals surface area contributed by atoms with Crippen LogP contribution in [0.3, 0.4) is 0 Å². The van der Waals surface area contributed by atoms with Crippen molar-refractivity contribution < 1.29 is 4.79 Å². The van der Waals surface area contributed by atoms with Crippen LogP contribution < -0.4 is 11.1 Å². The molecule has 0 radical (unpaired) electrons. The van der Waals surface area contributed by atoms with E-state index in [4.69, 9.17) is 5.73 Å². The molecule has 1 aromatic heterocycles. The Labute approximate surface area is 95.8 Å². The molecule has 0 fully saturated rings. The summed E-state index contributed by atoms with van der Waals surface area (Å²) < 4.78 is 0. The van der Waals surface area contributed by atoms with E-state index in [9.17, 15) is 4.79 Å². The minimum Gasteiger partial charge on any atom is -0.396 e. The smallest absolute Gasteiger partial charge is 0.271 e. The molecular weight excluding hydrogens is 204 g/mol. The van der Waals surface area contributed by atoms with Gasteiger partial charge in [-0.2, -0.15) is 5.10 Å². The second-order valence-electron chi connectivity index (χ2n) is 4.32. The van der Waals surface area contributed by atoms with Crippen molar-refractivity contribution >= 4 is 11.6 Å². The Morgan fingerprint density at radius 2 is 2.31 bits per heavy atom. The molecule has 2 atom stereocenters. The number of anilines is 1. The van der Waals surface area contributed by atoms with Crippen molar-refractivity contribution in [1.82, 2.24) is 15.5 Å². The molecule has 1 heterocycles. The molecule has 0 aliphatic heterocycles. The minimum atomic E-state index is -0.189. The summed E-state index contributed by atoms with van der Waals surface area (Å²) in [5.74, 6) is 0.417. The number of carbonyl (C=O) groups is 1. The van der Waals surface area contributed by atoms with E-state index in [0.717, 1.165) is 12.8 Å². The largest absolute Gasteiger partial charge is 0.396 e. The summed E-state index contributed by atoms with van der Waals surface area (Å²) in [6, 6.07) is 0.144. The fraction of sp³-hybridized carbons (Fsp3) is 0.636. The van der Waals surface area contributed by atoms with Crippen LogP contribution in [-0.4, -0.2) is 22.1 Å². The van der Waals surface area contributed by atoms with E-state index in [2.05, 4.69) is 29.4 Å². The molecule has 4 N–H and O–H groups in total. The number of carbonyl (C=O) groups excluding carboxylic acids is 1. The van der Waals surface area contributed by atoms with Crippen LogP contribution in [0.25, 0.3) is 0 Å². The zero-order valence-electron chi connectivity index (χ0n) is 10.1. The number of nitrogens with two attached hydrogens (primary N) is 1. The van der Waals surface area contributed by atoms with Gasteiger partial charge in [0.2, 0.25) is 0 Å². The van der Waals surface area contributed by atoms with Gasteiger partial charge in [-0.15, -0.1) is 0 Å². The Morgan fingerprint density at radius 3 is 2.81 bits per heavy atom. The molecule has 0 bridgehead atoms. The molecule has 0 aliphatic carbocycles. The van der Waals surface area contributed by atoms with Gasteiger partial charge >= 0.3 is 0 Å². The third-order valence-electron chi connectivity index (χ3n) is 2.73. The van der Waals surface area contributed by atoms with E-state index in [-0.39, 0.29) is 11.9 Å². The maximum atomic E-state index is 11.7. The third-order valence-corrected chi connectivity index (χ3v) is 2.73. The van der Waals surface area contributed by atoms with Crippen LogP contribution in [0.15, 0.2) is 6.20 Å². The average Bonchev–Trinajstić information content (AvgIpc) is 2.63. The quantitative estimate of drug-likeness (QED) is 0.709. The topological polar surface area (TPSA) is 83.8 Å². The van der Waals surface area contributed by atoms with Crippen molar-refractivity contribution in [2.75, 3.05) is 5.73 Å². The predicted molar refractivity (Wildman–Crippen MR) is 64.0 cm³/mol. The Bertz CT molecular complexity index is 348. The molecule has 5 nitrogen and oxygen atoms in total. The highest BCUT2D eigenvalue weighted by molar-refractivity contribution is 5.97. The number of nitrogens with one attached hydrogen (secondary N) is 2. The number of aromatic amines is 1. The van der Waals surface area contributed by atoms with Crippen LogP contribution in [0.5, 0.6) is 0 Å². The normalized spacial score (nSPS) is 14.4. The van der Waals surface area contributed by atoms with Crippen LogP contribution in [0, 0.1) is 5.92 Å². The van der Waals surface area contributed by atoms with Gasteiger partial charge in [-0.25, -0.2) is 0 Å². The second-order valence-corrected chi connectivity index (χ2v) is 4.32. The van der Waals surface area contributed by atoms with Crippen LogP contribution in [0.1, 0.15) is 44.1 Å². The lowest BCUT2D eigenvalue weighted by Crippen LogP contribution is -2.34. The van der Waals surface area contributed by atoms with E-state index in [1.54, 1.807) is 0 Å². The summed E-state index contributed by atoms with van der Waals surface area (Å²) >= 11 is 0. The SMILES string of the molecule is CCC(C)CC(C)NC(=O)c1[nH]ncc1N. The Kier molecular flexibility index (Phi) is 4.34. The Morgan fingerprint density at radius 1 is 1.62 bits per heavy atom. The van der Waals surface area contributed by atoms with Crippen molar-refractivity contribution in [3.8, 4) is 0 Å². The highest BCUT2D eigenvalue weighted by Gasteiger charge is 2.15. The van der Waals surface area contributed by atoms with Gasteiger partial charge in [0.25, 0.3) is 5.91 Å². The highest BCUT2D eigenvalue weighted by Crippen LogP contribution is 2.11. The van der Waals surface area contributed by atoms with E-state index in [1.165, 1.54) is 6.20 Å². The first-order chi connectivity index (χ1) is 7.54. The lowest BCUT2D eigenvalue weighted by atomic mass is 10.0. The number of nitrogens with zero attached hydrogens (tertiary/aromatic N) is 1. The standard InChI is InChI=1S/C11H20N4O/c1-4-7(2)5-8(3)14-11(16)10-9(12)6-13-15-10/h6-8H,4-5,12H2,1-3H3,(H,13,15)(H,14,16). The van der Waals surface area contributed by atoms with Crippen LogP contribution in [0.2, 0.25) is 0 Å². The number of hydrogen-bond donors (Lipinski definition) is 3. The van der Waals surface area contributed by atoms with E-state index in [1.807, 2.05) is 6.92 Å². The fourth-order valence-corrected chi connectivity index (χ4v) is 1.60. The molecule has 0 aromatic carbocycles. The lowest BCUT2D eigenvalue weighted by Gasteiger charge is -2.17. The molecule has 2 unspecified atom stereocenters. The molecule has 90 valence electrons. The summed E-state index contributed by atoms with van der Waals surface area (Å²) in [6.45, 7) is 6.32. The number of H-pyrrole nitrogens is 1. The van der Waals surface area contributed by atoms with E-state index < -0.39 is 0 Å². The van der Waals surface area contributed by atoms with E-state index >= 15 is 0 Å². The first-order valence-electron chi connectivity index (χ1n) is 5.64. The second kappa shape index (κ2) is 5.53. The van der Waals surface area contributed by atoms with Crippen molar-refractivity contribution in [3.63, 3.8) is 0 Å². The van der Waals surface area contributed by atoms with Crippen LogP contribution >= 0.6 is 0 Å². The molecule has 0 saturated carbocycles. The lowest BCUT2D eigenvalue weighted by molar-refractivity contribution is 0.0931. The predicted octanol–water partition coefficient (Wildman–Crippen LogP) is 1.55. The van der Waals surface area contributed by atoms with Gasteiger partial charge in [0.05, 0.1) is 11.9 Å². The van der Waals surface area contributed by atoms with Crippen molar-refractivity contribution in [3.05, 3.63) is 11.9 Å². The van der Waals surface area contributed by atoms with Gasteiger partial charge in [0.15, 0.2) is 0 Å². The number of amides is 1. The Balaban J connectivity index is 2.49. The molecule has 16 heavy (non-hydrogen) atoms. The summed E-state index contributed by atoms with van der Waals surface area (Å²) in [6.07, 6.45) is 3.52. The number of rotatable bonds is 5. The summed E-state index contributed by atoms with van der Waals surface area (Å²) in [4.78, 5) is 11.7. The number of nitrogen functional groups attached to an aromatic ring is 1. The van der Waals surface area contributed by atoms with Gasteiger partial charge in [-0.3, -0.25) is 9.89 Å². The number of aromatic nitrogens is 2.